The highest BCUT2D eigenvalue weighted by Gasteiger charge is 2.31. The Hall–Kier alpha value is -1.81. The van der Waals surface area contributed by atoms with Crippen LogP contribution in [0.25, 0.3) is 0 Å². The Balaban J connectivity index is 2.38. The van der Waals surface area contributed by atoms with E-state index in [1.165, 1.54) is 17.0 Å². The van der Waals surface area contributed by atoms with Crippen LogP contribution < -0.4 is 9.62 Å². The largest absolute Gasteiger partial charge is 0.354 e. The monoisotopic (exact) mass is 591 g/mol. The van der Waals surface area contributed by atoms with Crippen molar-refractivity contribution < 1.29 is 18.0 Å². The molecule has 0 aliphatic rings. The Morgan fingerprint density at radius 3 is 2.35 bits per heavy atom. The lowest BCUT2D eigenvalue weighted by atomic mass is 10.1. The molecule has 0 bridgehead atoms. The summed E-state index contributed by atoms with van der Waals surface area (Å²) in [5.41, 5.74) is 0.880. The van der Waals surface area contributed by atoms with Crippen LogP contribution in [-0.2, 0) is 26.2 Å². The van der Waals surface area contributed by atoms with Crippen molar-refractivity contribution in [3.05, 3.63) is 62.5 Å². The number of amides is 2. The van der Waals surface area contributed by atoms with Gasteiger partial charge in [-0.25, -0.2) is 8.42 Å². The van der Waals surface area contributed by atoms with E-state index in [4.69, 9.17) is 23.2 Å². The van der Waals surface area contributed by atoms with E-state index < -0.39 is 28.5 Å². The molecule has 2 aromatic rings. The fourth-order valence-corrected chi connectivity index (χ4v) is 4.75. The van der Waals surface area contributed by atoms with E-state index in [0.717, 1.165) is 33.4 Å². The lowest BCUT2D eigenvalue weighted by Crippen LogP contribution is -2.51. The normalized spacial score (nSPS) is 12.2. The van der Waals surface area contributed by atoms with Gasteiger partial charge >= 0.3 is 0 Å². The molecule has 0 heterocycles. The SMILES string of the molecule is CCCCNC(=O)C(C)N(Cc1ccc(Br)cc1)C(=O)CN(c1cccc(Cl)c1Cl)S(C)(=O)=O. The number of halogens is 3. The highest BCUT2D eigenvalue weighted by atomic mass is 79.9. The van der Waals surface area contributed by atoms with Crippen molar-refractivity contribution in [3.8, 4) is 0 Å². The summed E-state index contributed by atoms with van der Waals surface area (Å²) in [4.78, 5) is 27.6. The van der Waals surface area contributed by atoms with Gasteiger partial charge in [-0.15, -0.1) is 0 Å². The van der Waals surface area contributed by atoms with Crippen molar-refractivity contribution >= 4 is 66.7 Å². The van der Waals surface area contributed by atoms with Crippen LogP contribution in [0.5, 0.6) is 0 Å². The van der Waals surface area contributed by atoms with Gasteiger partial charge in [-0.3, -0.25) is 13.9 Å². The van der Waals surface area contributed by atoms with Gasteiger partial charge in [0.2, 0.25) is 21.8 Å². The second-order valence-corrected chi connectivity index (χ2v) is 11.4. The minimum Gasteiger partial charge on any atom is -0.354 e. The number of anilines is 1. The number of rotatable bonds is 11. The average Bonchev–Trinajstić information content (AvgIpc) is 2.78. The number of nitrogens with one attached hydrogen (secondary N) is 1. The first-order valence-electron chi connectivity index (χ1n) is 10.7. The molecule has 0 aromatic heterocycles. The highest BCUT2D eigenvalue weighted by molar-refractivity contribution is 9.10. The van der Waals surface area contributed by atoms with Crippen LogP contribution in [0.2, 0.25) is 10.0 Å². The number of hydrogen-bond donors (Lipinski definition) is 1. The number of benzene rings is 2. The van der Waals surface area contributed by atoms with E-state index in [9.17, 15) is 18.0 Å². The van der Waals surface area contributed by atoms with Gasteiger partial charge in [0.1, 0.15) is 12.6 Å². The number of sulfonamides is 1. The first-order chi connectivity index (χ1) is 16.0. The van der Waals surface area contributed by atoms with E-state index >= 15 is 0 Å². The Bertz CT molecular complexity index is 1110. The third-order valence-corrected chi connectivity index (χ3v) is 7.61. The van der Waals surface area contributed by atoms with Crippen LogP contribution in [0.4, 0.5) is 5.69 Å². The molecule has 2 amide bonds. The molecule has 0 radical (unpaired) electrons. The Morgan fingerprint density at radius 2 is 1.76 bits per heavy atom. The number of hydrogen-bond acceptors (Lipinski definition) is 4. The summed E-state index contributed by atoms with van der Waals surface area (Å²) in [5, 5.41) is 3.02. The van der Waals surface area contributed by atoms with Crippen LogP contribution in [0.15, 0.2) is 46.9 Å². The molecule has 0 aliphatic heterocycles. The summed E-state index contributed by atoms with van der Waals surface area (Å²) in [5.74, 6) is -0.867. The van der Waals surface area contributed by atoms with Crippen molar-refractivity contribution in [3.63, 3.8) is 0 Å². The minimum atomic E-state index is -3.89. The summed E-state index contributed by atoms with van der Waals surface area (Å²) in [6.07, 6.45) is 2.71. The van der Waals surface area contributed by atoms with Gasteiger partial charge in [0.25, 0.3) is 0 Å². The lowest BCUT2D eigenvalue weighted by molar-refractivity contribution is -0.139. The number of nitrogens with zero attached hydrogens (tertiary/aromatic N) is 2. The van der Waals surface area contributed by atoms with Crippen LogP contribution >= 0.6 is 39.1 Å². The van der Waals surface area contributed by atoms with Crippen molar-refractivity contribution in [2.24, 2.45) is 0 Å². The molecule has 1 atom stereocenters. The molecule has 186 valence electrons. The number of carbonyl (C=O) groups is 2. The fraction of sp³-hybridized carbons (Fsp3) is 0.391. The maximum atomic E-state index is 13.5. The zero-order valence-corrected chi connectivity index (χ0v) is 23.1. The topological polar surface area (TPSA) is 86.8 Å². The molecule has 2 rings (SSSR count). The molecule has 0 fully saturated rings. The molecule has 34 heavy (non-hydrogen) atoms. The second kappa shape index (κ2) is 12.8. The van der Waals surface area contributed by atoms with Gasteiger partial charge in [0, 0.05) is 17.6 Å². The molecule has 0 spiro atoms. The molecule has 0 aliphatic carbocycles. The van der Waals surface area contributed by atoms with Gasteiger partial charge in [0.05, 0.1) is 22.0 Å². The Kier molecular flexibility index (Phi) is 10.7. The predicted octanol–water partition coefficient (Wildman–Crippen LogP) is 4.86. The maximum Gasteiger partial charge on any atom is 0.244 e. The van der Waals surface area contributed by atoms with E-state index in [0.29, 0.717) is 6.54 Å². The van der Waals surface area contributed by atoms with Gasteiger partial charge in [-0.1, -0.05) is 70.7 Å². The van der Waals surface area contributed by atoms with Crippen LogP contribution in [0, 0.1) is 0 Å². The quantitative estimate of drug-likeness (QED) is 0.378. The Labute approximate surface area is 219 Å². The van der Waals surface area contributed by atoms with Crippen LogP contribution in [0.3, 0.4) is 0 Å². The third-order valence-electron chi connectivity index (χ3n) is 5.14. The molecule has 7 nitrogen and oxygen atoms in total. The first-order valence-corrected chi connectivity index (χ1v) is 14.1. The number of unbranched alkanes of at least 4 members (excludes halogenated alkanes) is 1. The van der Waals surface area contributed by atoms with E-state index in [1.807, 2.05) is 31.2 Å². The standard InChI is InChI=1S/C23H28BrCl2N3O4S/c1-4-5-13-27-23(31)16(2)28(14-17-9-11-18(24)12-10-17)21(30)15-29(34(3,32)33)20-8-6-7-19(25)22(20)26/h6-12,16H,4-5,13-15H2,1-3H3,(H,27,31). The summed E-state index contributed by atoms with van der Waals surface area (Å²) in [6.45, 7) is 3.71. The van der Waals surface area contributed by atoms with Crippen molar-refractivity contribution in [2.75, 3.05) is 23.7 Å². The van der Waals surface area contributed by atoms with Crippen LogP contribution in [0.1, 0.15) is 32.3 Å². The highest BCUT2D eigenvalue weighted by Crippen LogP contribution is 2.33. The smallest absolute Gasteiger partial charge is 0.244 e. The summed E-state index contributed by atoms with van der Waals surface area (Å²) in [6, 6.07) is 11.0. The van der Waals surface area contributed by atoms with Crippen molar-refractivity contribution in [2.45, 2.75) is 39.3 Å². The van der Waals surface area contributed by atoms with Gasteiger partial charge in [-0.05, 0) is 43.2 Å². The molecule has 11 heteroatoms. The molecule has 0 saturated carbocycles. The third kappa shape index (κ3) is 7.86. The molecule has 2 aromatic carbocycles. The number of carbonyl (C=O) groups excluding carboxylic acids is 2. The van der Waals surface area contributed by atoms with Gasteiger partial charge in [0.15, 0.2) is 0 Å². The van der Waals surface area contributed by atoms with Crippen LogP contribution in [-0.4, -0.2) is 50.5 Å². The Morgan fingerprint density at radius 1 is 1.12 bits per heavy atom. The summed E-state index contributed by atoms with van der Waals surface area (Å²) >= 11 is 15.7. The molecule has 1 unspecified atom stereocenters. The zero-order valence-electron chi connectivity index (χ0n) is 19.2. The molecule has 0 saturated heterocycles. The van der Waals surface area contributed by atoms with Gasteiger partial charge in [-0.2, -0.15) is 0 Å². The van der Waals surface area contributed by atoms with Gasteiger partial charge < -0.3 is 10.2 Å². The van der Waals surface area contributed by atoms with E-state index in [1.54, 1.807) is 13.0 Å². The second-order valence-electron chi connectivity index (χ2n) is 7.81. The minimum absolute atomic E-state index is 0.0206. The summed E-state index contributed by atoms with van der Waals surface area (Å²) in [7, 11) is -3.89. The zero-order chi connectivity index (χ0) is 25.5. The molecular weight excluding hydrogens is 565 g/mol. The van der Waals surface area contributed by atoms with E-state index in [-0.39, 0.29) is 28.2 Å². The maximum absolute atomic E-state index is 13.5. The molecule has 1 N–H and O–H groups in total. The average molecular weight is 593 g/mol. The first kappa shape index (κ1) is 28.4. The van der Waals surface area contributed by atoms with E-state index in [2.05, 4.69) is 21.2 Å². The van der Waals surface area contributed by atoms with Crippen molar-refractivity contribution in [1.82, 2.24) is 10.2 Å². The molecular formula is C23H28BrCl2N3O4S. The van der Waals surface area contributed by atoms with Crippen molar-refractivity contribution in [1.29, 1.82) is 0 Å². The summed E-state index contributed by atoms with van der Waals surface area (Å²) < 4.78 is 27.0. The lowest BCUT2D eigenvalue weighted by Gasteiger charge is -2.31. The fourth-order valence-electron chi connectivity index (χ4n) is 3.18. The predicted molar refractivity (Wildman–Crippen MR) is 141 cm³/mol.